The van der Waals surface area contributed by atoms with Crippen molar-refractivity contribution in [2.45, 2.75) is 32.6 Å². The quantitative estimate of drug-likeness (QED) is 0.671. The van der Waals surface area contributed by atoms with Gasteiger partial charge in [0.15, 0.2) is 0 Å². The van der Waals surface area contributed by atoms with Crippen LogP contribution in [-0.4, -0.2) is 24.1 Å². The van der Waals surface area contributed by atoms with Gasteiger partial charge in [0.2, 0.25) is 0 Å². The first-order chi connectivity index (χ1) is 5.31. The molecule has 0 heterocycles. The van der Waals surface area contributed by atoms with Crippen LogP contribution in [0, 0.1) is 5.41 Å². The smallest absolute Gasteiger partial charge is 0.314 e. The van der Waals surface area contributed by atoms with E-state index in [0.717, 1.165) is 6.92 Å². The fourth-order valence-electron chi connectivity index (χ4n) is 0.716. The highest BCUT2D eigenvalue weighted by molar-refractivity contribution is 4.89. The van der Waals surface area contributed by atoms with E-state index in [9.17, 15) is 17.6 Å². The molecule has 0 radical (unpaired) electrons. The van der Waals surface area contributed by atoms with E-state index in [-0.39, 0.29) is 6.42 Å². The fourth-order valence-corrected chi connectivity index (χ4v) is 0.716. The summed E-state index contributed by atoms with van der Waals surface area (Å²) in [5.41, 5.74) is -2.03. The average molecular weight is 188 g/mol. The predicted molar refractivity (Wildman–Crippen MR) is 36.4 cm³/mol. The Bertz CT molecular complexity index is 140. The molecule has 0 aromatic rings. The van der Waals surface area contributed by atoms with E-state index < -0.39 is 24.4 Å². The molecule has 0 aliphatic heterocycles. The average Bonchev–Trinajstić information content (AvgIpc) is 2.02. The summed E-state index contributed by atoms with van der Waals surface area (Å²) < 4.78 is 49.0. The zero-order chi connectivity index (χ0) is 9.99. The molecule has 1 unspecified atom stereocenters. The lowest BCUT2D eigenvalue weighted by Gasteiger charge is -2.34. The minimum Gasteiger partial charge on any atom is -0.396 e. The van der Waals surface area contributed by atoms with Gasteiger partial charge in [0.05, 0.1) is 12.0 Å². The molecular weight excluding hydrogens is 176 g/mol. The standard InChI is InChI=1S/C7H12F4O/c1-3-6(2,4-12)7(10,11)5(8)9/h5,12H,3-4H2,1-2H3. The van der Waals surface area contributed by atoms with E-state index in [1.807, 2.05) is 0 Å². The van der Waals surface area contributed by atoms with Crippen molar-refractivity contribution in [2.75, 3.05) is 6.61 Å². The van der Waals surface area contributed by atoms with Crippen LogP contribution < -0.4 is 0 Å². The van der Waals surface area contributed by atoms with Gasteiger partial charge in [-0.15, -0.1) is 0 Å². The normalized spacial score (nSPS) is 18.0. The van der Waals surface area contributed by atoms with Crippen LogP contribution in [0.2, 0.25) is 0 Å². The zero-order valence-electron chi connectivity index (χ0n) is 6.95. The van der Waals surface area contributed by atoms with Gasteiger partial charge in [-0.3, -0.25) is 0 Å². The summed E-state index contributed by atoms with van der Waals surface area (Å²) in [4.78, 5) is 0. The molecule has 0 aliphatic rings. The maximum Gasteiger partial charge on any atom is 0.314 e. The van der Waals surface area contributed by atoms with Crippen LogP contribution in [0.25, 0.3) is 0 Å². The molecule has 5 heteroatoms. The largest absolute Gasteiger partial charge is 0.396 e. The van der Waals surface area contributed by atoms with Crippen molar-refractivity contribution in [1.82, 2.24) is 0 Å². The number of rotatable bonds is 4. The lowest BCUT2D eigenvalue weighted by Crippen LogP contribution is -2.46. The summed E-state index contributed by atoms with van der Waals surface area (Å²) in [6.07, 6.45) is -3.92. The van der Waals surface area contributed by atoms with Crippen molar-refractivity contribution >= 4 is 0 Å². The number of hydrogen-bond donors (Lipinski definition) is 1. The highest BCUT2D eigenvalue weighted by atomic mass is 19.3. The summed E-state index contributed by atoms with van der Waals surface area (Å²) in [5.74, 6) is -4.13. The fraction of sp³-hybridized carbons (Fsp3) is 1.00. The molecule has 74 valence electrons. The van der Waals surface area contributed by atoms with E-state index in [0.29, 0.717) is 0 Å². The Labute approximate surface area is 68.4 Å². The Balaban J connectivity index is 4.70. The number of aliphatic hydroxyl groups is 1. The highest BCUT2D eigenvalue weighted by Gasteiger charge is 2.55. The van der Waals surface area contributed by atoms with E-state index in [1.165, 1.54) is 6.92 Å². The van der Waals surface area contributed by atoms with Crippen LogP contribution in [0.15, 0.2) is 0 Å². The second kappa shape index (κ2) is 3.60. The predicted octanol–water partition coefficient (Wildman–Crippen LogP) is 2.30. The van der Waals surface area contributed by atoms with Gasteiger partial charge in [0.25, 0.3) is 0 Å². The lowest BCUT2D eigenvalue weighted by molar-refractivity contribution is -0.214. The van der Waals surface area contributed by atoms with Gasteiger partial charge in [-0.2, -0.15) is 8.78 Å². The molecule has 0 aliphatic carbocycles. The van der Waals surface area contributed by atoms with Crippen LogP contribution in [0.5, 0.6) is 0 Å². The van der Waals surface area contributed by atoms with Crippen molar-refractivity contribution in [2.24, 2.45) is 5.41 Å². The number of hydrogen-bond acceptors (Lipinski definition) is 1. The number of halogens is 4. The minimum atomic E-state index is -4.13. The summed E-state index contributed by atoms with van der Waals surface area (Å²) in [5, 5.41) is 8.56. The summed E-state index contributed by atoms with van der Waals surface area (Å²) in [6, 6.07) is 0. The molecular formula is C7H12F4O. The highest BCUT2D eigenvalue weighted by Crippen LogP contribution is 2.43. The topological polar surface area (TPSA) is 20.2 Å². The third-order valence-electron chi connectivity index (χ3n) is 2.21. The molecule has 0 aromatic heterocycles. The molecule has 0 spiro atoms. The van der Waals surface area contributed by atoms with E-state index in [1.54, 1.807) is 0 Å². The maximum absolute atomic E-state index is 12.7. The third kappa shape index (κ3) is 1.71. The van der Waals surface area contributed by atoms with Gasteiger partial charge >= 0.3 is 12.3 Å². The van der Waals surface area contributed by atoms with Crippen molar-refractivity contribution in [3.05, 3.63) is 0 Å². The first kappa shape index (κ1) is 11.7. The van der Waals surface area contributed by atoms with Crippen molar-refractivity contribution in [1.29, 1.82) is 0 Å². The molecule has 12 heavy (non-hydrogen) atoms. The minimum absolute atomic E-state index is 0.194. The molecule has 0 rings (SSSR count). The second-order valence-electron chi connectivity index (χ2n) is 3.00. The SMILES string of the molecule is CCC(C)(CO)C(F)(F)C(F)F. The second-order valence-corrected chi connectivity index (χ2v) is 3.00. The van der Waals surface area contributed by atoms with Crippen LogP contribution in [0.1, 0.15) is 20.3 Å². The molecule has 1 N–H and O–H groups in total. The third-order valence-corrected chi connectivity index (χ3v) is 2.21. The van der Waals surface area contributed by atoms with Crippen LogP contribution in [0.4, 0.5) is 17.6 Å². The Morgan fingerprint density at radius 3 is 1.83 bits per heavy atom. The van der Waals surface area contributed by atoms with E-state index in [4.69, 9.17) is 5.11 Å². The van der Waals surface area contributed by atoms with Crippen molar-refractivity contribution < 1.29 is 22.7 Å². The molecule has 0 bridgehead atoms. The van der Waals surface area contributed by atoms with Crippen LogP contribution in [0.3, 0.4) is 0 Å². The Morgan fingerprint density at radius 1 is 1.33 bits per heavy atom. The lowest BCUT2D eigenvalue weighted by atomic mass is 9.81. The molecule has 0 saturated carbocycles. The summed E-state index contributed by atoms with van der Waals surface area (Å²) in [7, 11) is 0. The van der Waals surface area contributed by atoms with E-state index in [2.05, 4.69) is 0 Å². The monoisotopic (exact) mass is 188 g/mol. The Morgan fingerprint density at radius 2 is 1.75 bits per heavy atom. The molecule has 0 fully saturated rings. The first-order valence-corrected chi connectivity index (χ1v) is 3.58. The molecule has 0 saturated heterocycles. The Kier molecular flexibility index (Phi) is 3.50. The van der Waals surface area contributed by atoms with E-state index >= 15 is 0 Å². The van der Waals surface area contributed by atoms with Gasteiger partial charge in [-0.25, -0.2) is 8.78 Å². The first-order valence-electron chi connectivity index (χ1n) is 3.58. The zero-order valence-corrected chi connectivity index (χ0v) is 6.95. The number of alkyl halides is 4. The van der Waals surface area contributed by atoms with Crippen LogP contribution >= 0.6 is 0 Å². The summed E-state index contributed by atoms with van der Waals surface area (Å²) in [6.45, 7) is 1.34. The van der Waals surface area contributed by atoms with Crippen molar-refractivity contribution in [3.8, 4) is 0 Å². The molecule has 1 nitrogen and oxygen atoms in total. The van der Waals surface area contributed by atoms with Crippen molar-refractivity contribution in [3.63, 3.8) is 0 Å². The maximum atomic E-state index is 12.7. The van der Waals surface area contributed by atoms with Gasteiger partial charge < -0.3 is 5.11 Å². The summed E-state index contributed by atoms with van der Waals surface area (Å²) >= 11 is 0. The van der Waals surface area contributed by atoms with Gasteiger partial charge in [-0.05, 0) is 6.42 Å². The molecule has 0 aromatic carbocycles. The molecule has 1 atom stereocenters. The van der Waals surface area contributed by atoms with Gasteiger partial charge in [0.1, 0.15) is 0 Å². The Hall–Kier alpha value is -0.320. The van der Waals surface area contributed by atoms with Gasteiger partial charge in [0, 0.05) is 0 Å². The number of aliphatic hydroxyl groups excluding tert-OH is 1. The van der Waals surface area contributed by atoms with Crippen LogP contribution in [-0.2, 0) is 0 Å². The van der Waals surface area contributed by atoms with Gasteiger partial charge in [-0.1, -0.05) is 13.8 Å². The molecule has 0 amide bonds.